The van der Waals surface area contributed by atoms with E-state index in [1.54, 1.807) is 42.7 Å². The van der Waals surface area contributed by atoms with Crippen LogP contribution in [-0.2, 0) is 4.79 Å². The van der Waals surface area contributed by atoms with Crippen LogP contribution in [0.3, 0.4) is 0 Å². The van der Waals surface area contributed by atoms with Crippen LogP contribution in [0.15, 0.2) is 64.2 Å². The van der Waals surface area contributed by atoms with Crippen LogP contribution in [0.25, 0.3) is 11.5 Å². The molecule has 0 saturated carbocycles. The Morgan fingerprint density at radius 3 is 2.68 bits per heavy atom. The Morgan fingerprint density at radius 2 is 2.00 bits per heavy atom. The molecule has 8 nitrogen and oxygen atoms in total. The first kappa shape index (κ1) is 16.7. The smallest absolute Gasteiger partial charge is 0.292 e. The Bertz CT molecular complexity index is 881. The summed E-state index contributed by atoms with van der Waals surface area (Å²) in [5.41, 5.74) is 0.611. The maximum absolute atomic E-state index is 12.0. The standard InChI is InChI=1S/C16H12N4O4S/c21-15(17-11-4-1-2-5-13(11)20(22)23)10-25-16-8-7-12(18-19-16)14-6-3-9-24-14/h1-9H,10H2,(H,17,21). The minimum Gasteiger partial charge on any atom is -0.463 e. The zero-order valence-electron chi connectivity index (χ0n) is 12.8. The second-order valence-electron chi connectivity index (χ2n) is 4.85. The summed E-state index contributed by atoms with van der Waals surface area (Å²) in [4.78, 5) is 22.4. The molecule has 0 atom stereocenters. The summed E-state index contributed by atoms with van der Waals surface area (Å²) in [6.45, 7) is 0. The lowest BCUT2D eigenvalue weighted by Crippen LogP contribution is -2.15. The molecule has 0 radical (unpaired) electrons. The number of hydrogen-bond acceptors (Lipinski definition) is 7. The van der Waals surface area contributed by atoms with E-state index in [1.807, 2.05) is 0 Å². The van der Waals surface area contributed by atoms with Gasteiger partial charge in [-0.25, -0.2) is 0 Å². The van der Waals surface area contributed by atoms with Gasteiger partial charge >= 0.3 is 0 Å². The number of anilines is 1. The highest BCUT2D eigenvalue weighted by atomic mass is 32.2. The number of aromatic nitrogens is 2. The fourth-order valence-corrected chi connectivity index (χ4v) is 2.63. The summed E-state index contributed by atoms with van der Waals surface area (Å²) < 4.78 is 5.23. The lowest BCUT2D eigenvalue weighted by Gasteiger charge is -2.05. The van der Waals surface area contributed by atoms with Crippen molar-refractivity contribution in [2.24, 2.45) is 0 Å². The minimum absolute atomic E-state index is 0.0564. The van der Waals surface area contributed by atoms with Crippen LogP contribution in [0.2, 0.25) is 0 Å². The van der Waals surface area contributed by atoms with Crippen LogP contribution in [0.4, 0.5) is 11.4 Å². The quantitative estimate of drug-likeness (QED) is 0.409. The third-order valence-electron chi connectivity index (χ3n) is 3.14. The Labute approximate surface area is 146 Å². The van der Waals surface area contributed by atoms with Gasteiger partial charge in [-0.05, 0) is 30.3 Å². The van der Waals surface area contributed by atoms with Crippen molar-refractivity contribution in [3.63, 3.8) is 0 Å². The number of rotatable bonds is 6. The lowest BCUT2D eigenvalue weighted by atomic mass is 10.2. The minimum atomic E-state index is -0.540. The van der Waals surface area contributed by atoms with Gasteiger partial charge in [0.2, 0.25) is 5.91 Å². The molecule has 0 aliphatic rings. The van der Waals surface area contributed by atoms with Gasteiger partial charge in [0, 0.05) is 6.07 Å². The molecule has 3 rings (SSSR count). The van der Waals surface area contributed by atoms with Gasteiger partial charge in [0.05, 0.1) is 16.9 Å². The first-order valence-electron chi connectivity index (χ1n) is 7.17. The van der Waals surface area contributed by atoms with Crippen LogP contribution < -0.4 is 5.32 Å². The Morgan fingerprint density at radius 1 is 1.16 bits per heavy atom. The van der Waals surface area contributed by atoms with E-state index < -0.39 is 4.92 Å². The average Bonchev–Trinajstić information content (AvgIpc) is 3.15. The third kappa shape index (κ3) is 4.21. The zero-order chi connectivity index (χ0) is 17.6. The number of nitrogens with zero attached hydrogens (tertiary/aromatic N) is 3. The molecule has 3 aromatic rings. The van der Waals surface area contributed by atoms with Gasteiger partial charge in [0.1, 0.15) is 16.4 Å². The Balaban J connectivity index is 1.58. The van der Waals surface area contributed by atoms with Crippen molar-refractivity contribution in [2.45, 2.75) is 5.03 Å². The van der Waals surface area contributed by atoms with Crippen LogP contribution in [0.5, 0.6) is 0 Å². The molecule has 0 spiro atoms. The normalized spacial score (nSPS) is 10.4. The molecular formula is C16H12N4O4S. The average molecular weight is 356 g/mol. The van der Waals surface area contributed by atoms with Gasteiger partial charge in [-0.1, -0.05) is 23.9 Å². The second kappa shape index (κ2) is 7.58. The van der Waals surface area contributed by atoms with E-state index in [-0.39, 0.29) is 23.0 Å². The van der Waals surface area contributed by atoms with Crippen molar-refractivity contribution in [3.8, 4) is 11.5 Å². The molecule has 1 aromatic carbocycles. The molecule has 2 heterocycles. The lowest BCUT2D eigenvalue weighted by molar-refractivity contribution is -0.383. The number of nitro benzene ring substituents is 1. The van der Waals surface area contributed by atoms with Crippen molar-refractivity contribution in [2.75, 3.05) is 11.1 Å². The van der Waals surface area contributed by atoms with E-state index in [1.165, 1.54) is 23.9 Å². The number of carbonyl (C=O) groups excluding carboxylic acids is 1. The maximum Gasteiger partial charge on any atom is 0.292 e. The van der Waals surface area contributed by atoms with Crippen molar-refractivity contribution in [3.05, 3.63) is 64.9 Å². The molecule has 0 aliphatic carbocycles. The number of hydrogen-bond donors (Lipinski definition) is 1. The van der Waals surface area contributed by atoms with E-state index in [0.29, 0.717) is 16.5 Å². The highest BCUT2D eigenvalue weighted by molar-refractivity contribution is 7.99. The molecule has 25 heavy (non-hydrogen) atoms. The number of carbonyl (C=O) groups is 1. The summed E-state index contributed by atoms with van der Waals surface area (Å²) in [5.74, 6) is 0.301. The van der Waals surface area contributed by atoms with Crippen molar-refractivity contribution >= 4 is 29.0 Å². The van der Waals surface area contributed by atoms with Crippen LogP contribution in [-0.4, -0.2) is 26.8 Å². The van der Waals surface area contributed by atoms with Crippen LogP contribution in [0.1, 0.15) is 0 Å². The number of para-hydroxylation sites is 2. The van der Waals surface area contributed by atoms with Gasteiger partial charge in [0.25, 0.3) is 5.69 Å². The summed E-state index contributed by atoms with van der Waals surface area (Å²) in [6, 6.07) is 13.0. The van der Waals surface area contributed by atoms with Crippen molar-refractivity contribution in [1.29, 1.82) is 0 Å². The highest BCUT2D eigenvalue weighted by Gasteiger charge is 2.15. The van der Waals surface area contributed by atoms with E-state index in [2.05, 4.69) is 15.5 Å². The first-order chi connectivity index (χ1) is 12.1. The molecule has 2 aromatic heterocycles. The predicted octanol–water partition coefficient (Wildman–Crippen LogP) is 3.38. The van der Waals surface area contributed by atoms with Crippen molar-refractivity contribution in [1.82, 2.24) is 10.2 Å². The van der Waals surface area contributed by atoms with Gasteiger partial charge in [-0.15, -0.1) is 10.2 Å². The van der Waals surface area contributed by atoms with Gasteiger partial charge in [-0.2, -0.15) is 0 Å². The molecule has 1 amide bonds. The molecule has 9 heteroatoms. The van der Waals surface area contributed by atoms with E-state index in [4.69, 9.17) is 4.42 Å². The van der Waals surface area contributed by atoms with E-state index in [0.717, 1.165) is 0 Å². The van der Waals surface area contributed by atoms with Gasteiger partial charge < -0.3 is 9.73 Å². The van der Waals surface area contributed by atoms with Crippen molar-refractivity contribution < 1.29 is 14.1 Å². The highest BCUT2D eigenvalue weighted by Crippen LogP contribution is 2.24. The molecule has 0 bridgehead atoms. The fraction of sp³-hybridized carbons (Fsp3) is 0.0625. The monoisotopic (exact) mass is 356 g/mol. The zero-order valence-corrected chi connectivity index (χ0v) is 13.6. The molecule has 1 N–H and O–H groups in total. The SMILES string of the molecule is O=C(CSc1ccc(-c2ccco2)nn1)Nc1ccccc1[N+](=O)[O-]. The van der Waals surface area contributed by atoms with Crippen LogP contribution >= 0.6 is 11.8 Å². The summed E-state index contributed by atoms with van der Waals surface area (Å²) >= 11 is 1.18. The number of thioether (sulfide) groups is 1. The Hall–Kier alpha value is -3.20. The summed E-state index contributed by atoms with van der Waals surface area (Å²) in [5, 5.41) is 22.1. The fourth-order valence-electron chi connectivity index (χ4n) is 2.02. The predicted molar refractivity (Wildman–Crippen MR) is 92.2 cm³/mol. The number of nitrogens with one attached hydrogen (secondary N) is 1. The van der Waals surface area contributed by atoms with Gasteiger partial charge in [-0.3, -0.25) is 14.9 Å². The molecule has 126 valence electrons. The third-order valence-corrected chi connectivity index (χ3v) is 4.06. The van der Waals surface area contributed by atoms with E-state index >= 15 is 0 Å². The summed E-state index contributed by atoms with van der Waals surface area (Å²) in [6.07, 6.45) is 1.55. The first-order valence-corrected chi connectivity index (χ1v) is 8.16. The molecule has 0 aliphatic heterocycles. The number of furan rings is 1. The largest absolute Gasteiger partial charge is 0.463 e. The Kier molecular flexibility index (Phi) is 5.05. The number of amides is 1. The number of nitro groups is 1. The topological polar surface area (TPSA) is 111 Å². The number of benzene rings is 1. The van der Waals surface area contributed by atoms with Gasteiger partial charge in [0.15, 0.2) is 5.76 Å². The molecule has 0 saturated heterocycles. The molecule has 0 fully saturated rings. The maximum atomic E-state index is 12.0. The van der Waals surface area contributed by atoms with Crippen LogP contribution in [0, 0.1) is 10.1 Å². The second-order valence-corrected chi connectivity index (χ2v) is 5.84. The van der Waals surface area contributed by atoms with E-state index in [9.17, 15) is 14.9 Å². The molecule has 0 unspecified atom stereocenters. The molecular weight excluding hydrogens is 344 g/mol. The summed E-state index contributed by atoms with van der Waals surface area (Å²) in [7, 11) is 0.